The van der Waals surface area contributed by atoms with Crippen molar-refractivity contribution < 1.29 is 23.8 Å². The van der Waals surface area contributed by atoms with E-state index in [1.165, 1.54) is 28.3 Å². The van der Waals surface area contributed by atoms with Crippen LogP contribution in [0.5, 0.6) is 17.2 Å². The largest absolute Gasteiger partial charge is 0.493 e. The van der Waals surface area contributed by atoms with Gasteiger partial charge in [0.1, 0.15) is 0 Å². The van der Waals surface area contributed by atoms with E-state index in [-0.39, 0.29) is 11.8 Å². The molecule has 1 aromatic heterocycles. The van der Waals surface area contributed by atoms with Crippen molar-refractivity contribution in [3.8, 4) is 17.2 Å². The van der Waals surface area contributed by atoms with Crippen LogP contribution in [-0.2, 0) is 11.3 Å². The first-order valence-electron chi connectivity index (χ1n) is 8.73. The van der Waals surface area contributed by atoms with Crippen molar-refractivity contribution in [3.05, 3.63) is 47.8 Å². The molecule has 0 atom stereocenters. The summed E-state index contributed by atoms with van der Waals surface area (Å²) in [4.78, 5) is 30.2. The number of pyridine rings is 1. The Labute approximate surface area is 164 Å². The number of benzene rings is 1. The Kier molecular flexibility index (Phi) is 7.62. The third-order valence-corrected chi connectivity index (χ3v) is 4.12. The van der Waals surface area contributed by atoms with Gasteiger partial charge in [-0.3, -0.25) is 14.6 Å². The number of nitrogens with one attached hydrogen (secondary N) is 1. The number of hydrogen-bond acceptors (Lipinski definition) is 6. The molecule has 0 radical (unpaired) electrons. The zero-order valence-corrected chi connectivity index (χ0v) is 16.5. The molecule has 1 N–H and O–H groups in total. The molecule has 1 aromatic carbocycles. The lowest BCUT2D eigenvalue weighted by molar-refractivity contribution is -0.129. The summed E-state index contributed by atoms with van der Waals surface area (Å²) in [6.45, 7) is 2.53. The molecule has 28 heavy (non-hydrogen) atoms. The van der Waals surface area contributed by atoms with Gasteiger partial charge < -0.3 is 24.4 Å². The number of amides is 2. The highest BCUT2D eigenvalue weighted by Crippen LogP contribution is 2.38. The van der Waals surface area contributed by atoms with Crippen LogP contribution in [0.25, 0.3) is 0 Å². The molecule has 0 aliphatic rings. The van der Waals surface area contributed by atoms with Crippen molar-refractivity contribution in [2.75, 3.05) is 34.4 Å². The van der Waals surface area contributed by atoms with Crippen LogP contribution >= 0.6 is 0 Å². The quantitative estimate of drug-likeness (QED) is 0.707. The summed E-state index contributed by atoms with van der Waals surface area (Å²) in [5.74, 6) is 0.813. The van der Waals surface area contributed by atoms with Gasteiger partial charge in [0.15, 0.2) is 11.5 Å². The van der Waals surface area contributed by atoms with Crippen molar-refractivity contribution in [1.29, 1.82) is 0 Å². The van der Waals surface area contributed by atoms with E-state index in [2.05, 4.69) is 10.3 Å². The Bertz CT molecular complexity index is 786. The Balaban J connectivity index is 2.01. The van der Waals surface area contributed by atoms with Crippen LogP contribution in [0.4, 0.5) is 0 Å². The van der Waals surface area contributed by atoms with E-state index in [0.717, 1.165) is 5.69 Å². The summed E-state index contributed by atoms with van der Waals surface area (Å²) in [6.07, 6.45) is 1.68. The van der Waals surface area contributed by atoms with Gasteiger partial charge in [-0.2, -0.15) is 0 Å². The molecule has 0 aliphatic carbocycles. The highest BCUT2D eigenvalue weighted by Gasteiger charge is 2.17. The fraction of sp³-hybridized carbons (Fsp3) is 0.350. The number of carbonyl (C=O) groups excluding carboxylic acids is 2. The number of ether oxygens (including phenoxy) is 3. The second-order valence-corrected chi connectivity index (χ2v) is 5.93. The van der Waals surface area contributed by atoms with E-state index in [0.29, 0.717) is 42.4 Å². The Morgan fingerprint density at radius 2 is 1.75 bits per heavy atom. The topological polar surface area (TPSA) is 90.0 Å². The monoisotopic (exact) mass is 387 g/mol. The minimum absolute atomic E-state index is 0.0901. The minimum atomic E-state index is -0.305. The molecule has 0 saturated carbocycles. The number of aromatic nitrogens is 1. The van der Waals surface area contributed by atoms with Crippen molar-refractivity contribution >= 4 is 11.8 Å². The van der Waals surface area contributed by atoms with Gasteiger partial charge >= 0.3 is 0 Å². The molecule has 1 heterocycles. The van der Waals surface area contributed by atoms with Gasteiger partial charge in [0.2, 0.25) is 11.7 Å². The zero-order valence-electron chi connectivity index (χ0n) is 16.5. The van der Waals surface area contributed by atoms with E-state index in [4.69, 9.17) is 14.2 Å². The third-order valence-electron chi connectivity index (χ3n) is 4.12. The smallest absolute Gasteiger partial charge is 0.251 e. The van der Waals surface area contributed by atoms with Crippen molar-refractivity contribution in [2.24, 2.45) is 0 Å². The van der Waals surface area contributed by atoms with Gasteiger partial charge in [-0.15, -0.1) is 0 Å². The SMILES string of the molecule is COc1cc(C(=O)NCCN(Cc2ccccn2)C(C)=O)cc(OC)c1OC. The number of methoxy groups -OCH3 is 3. The Hall–Kier alpha value is -3.29. The molecule has 0 aliphatic heterocycles. The third kappa shape index (κ3) is 5.35. The zero-order chi connectivity index (χ0) is 20.5. The van der Waals surface area contributed by atoms with Gasteiger partial charge in [0, 0.05) is 31.8 Å². The van der Waals surface area contributed by atoms with Crippen LogP contribution in [-0.4, -0.2) is 56.1 Å². The van der Waals surface area contributed by atoms with Crippen LogP contribution in [0.2, 0.25) is 0 Å². The molecule has 0 fully saturated rings. The molecule has 0 saturated heterocycles. The molecule has 0 bridgehead atoms. The second-order valence-electron chi connectivity index (χ2n) is 5.93. The fourth-order valence-electron chi connectivity index (χ4n) is 2.65. The summed E-state index contributed by atoms with van der Waals surface area (Å²) >= 11 is 0. The first-order chi connectivity index (χ1) is 13.5. The van der Waals surface area contributed by atoms with Crippen LogP contribution < -0.4 is 19.5 Å². The van der Waals surface area contributed by atoms with Crippen LogP contribution in [0.15, 0.2) is 36.5 Å². The predicted molar refractivity (Wildman–Crippen MR) is 104 cm³/mol. The predicted octanol–water partition coefficient (Wildman–Crippen LogP) is 1.89. The number of carbonyl (C=O) groups is 2. The van der Waals surface area contributed by atoms with Gasteiger partial charge in [0.05, 0.1) is 33.6 Å². The maximum Gasteiger partial charge on any atom is 0.251 e. The maximum absolute atomic E-state index is 12.5. The average Bonchev–Trinajstić information content (AvgIpc) is 2.72. The number of rotatable bonds is 9. The average molecular weight is 387 g/mol. The molecular weight excluding hydrogens is 362 g/mol. The normalized spacial score (nSPS) is 10.1. The van der Waals surface area contributed by atoms with E-state index < -0.39 is 0 Å². The summed E-state index contributed by atoms with van der Waals surface area (Å²) in [7, 11) is 4.47. The number of nitrogens with zero attached hydrogens (tertiary/aromatic N) is 2. The van der Waals surface area contributed by atoms with E-state index in [9.17, 15) is 9.59 Å². The lowest BCUT2D eigenvalue weighted by atomic mass is 10.1. The molecular formula is C20H25N3O5. The lowest BCUT2D eigenvalue weighted by Gasteiger charge is -2.21. The lowest BCUT2D eigenvalue weighted by Crippen LogP contribution is -2.37. The van der Waals surface area contributed by atoms with Gasteiger partial charge in [-0.05, 0) is 24.3 Å². The van der Waals surface area contributed by atoms with Crippen LogP contribution in [0, 0.1) is 0 Å². The van der Waals surface area contributed by atoms with Crippen LogP contribution in [0.1, 0.15) is 23.0 Å². The minimum Gasteiger partial charge on any atom is -0.493 e. The summed E-state index contributed by atoms with van der Waals surface area (Å²) in [5, 5.41) is 2.81. The van der Waals surface area contributed by atoms with Gasteiger partial charge in [0.25, 0.3) is 5.91 Å². The number of hydrogen-bond donors (Lipinski definition) is 1. The summed E-state index contributed by atoms with van der Waals surface area (Å²) in [5.41, 5.74) is 1.15. The molecule has 2 rings (SSSR count). The molecule has 2 aromatic rings. The summed E-state index contributed by atoms with van der Waals surface area (Å²) in [6, 6.07) is 8.69. The maximum atomic E-state index is 12.5. The fourth-order valence-corrected chi connectivity index (χ4v) is 2.65. The van der Waals surface area contributed by atoms with E-state index >= 15 is 0 Å². The van der Waals surface area contributed by atoms with Crippen molar-refractivity contribution in [1.82, 2.24) is 15.2 Å². The van der Waals surface area contributed by atoms with E-state index in [1.807, 2.05) is 18.2 Å². The second kappa shape index (κ2) is 10.1. The molecule has 150 valence electrons. The highest BCUT2D eigenvalue weighted by atomic mass is 16.5. The molecule has 8 nitrogen and oxygen atoms in total. The van der Waals surface area contributed by atoms with Gasteiger partial charge in [-0.25, -0.2) is 0 Å². The van der Waals surface area contributed by atoms with Gasteiger partial charge in [-0.1, -0.05) is 6.07 Å². The van der Waals surface area contributed by atoms with E-state index in [1.54, 1.807) is 23.2 Å². The standard InChI is InChI=1S/C20H25N3O5/c1-14(24)23(13-16-7-5-6-8-21-16)10-9-22-20(25)15-11-17(26-2)19(28-4)18(12-15)27-3/h5-8,11-12H,9-10,13H2,1-4H3,(H,22,25). The Morgan fingerprint density at radius 3 is 2.25 bits per heavy atom. The van der Waals surface area contributed by atoms with Crippen LogP contribution in [0.3, 0.4) is 0 Å². The first-order valence-corrected chi connectivity index (χ1v) is 8.73. The molecule has 8 heteroatoms. The Morgan fingerprint density at radius 1 is 1.07 bits per heavy atom. The van der Waals surface area contributed by atoms with Crippen molar-refractivity contribution in [2.45, 2.75) is 13.5 Å². The molecule has 2 amide bonds. The molecule has 0 unspecified atom stereocenters. The first kappa shape index (κ1) is 21.0. The molecule has 0 spiro atoms. The summed E-state index contributed by atoms with van der Waals surface area (Å²) < 4.78 is 15.8. The van der Waals surface area contributed by atoms with Crippen molar-refractivity contribution in [3.63, 3.8) is 0 Å². The highest BCUT2D eigenvalue weighted by molar-refractivity contribution is 5.95.